The lowest BCUT2D eigenvalue weighted by molar-refractivity contribution is -0.122. The molecule has 5 amide bonds. The molecule has 0 atom stereocenters. The predicted octanol–water partition coefficient (Wildman–Crippen LogP) is 4.26. The van der Waals surface area contributed by atoms with Gasteiger partial charge in [-0.2, -0.15) is 0 Å². The standard InChI is InChI=1S/C28H22BrN3O8/c1-2-37-22-11-16(20(29)13-24(22)38-14-25(33)30-17-6-4-3-5-7-17)10-19-26(34)31-28(36)32(27(19)35)18-8-9-21-23(12-18)40-15-39-21/h3-13H,2,14-15H2,1H3,(H,30,33)(H,31,34,36)/b19-10+. The van der Waals surface area contributed by atoms with Crippen molar-refractivity contribution in [2.45, 2.75) is 6.92 Å². The molecular weight excluding hydrogens is 586 g/mol. The summed E-state index contributed by atoms with van der Waals surface area (Å²) in [6, 6.07) is 15.8. The Hall–Kier alpha value is -4.84. The van der Waals surface area contributed by atoms with E-state index in [1.807, 2.05) is 6.07 Å². The summed E-state index contributed by atoms with van der Waals surface area (Å²) in [5.74, 6) is -0.627. The van der Waals surface area contributed by atoms with Gasteiger partial charge in [0.25, 0.3) is 17.7 Å². The highest BCUT2D eigenvalue weighted by molar-refractivity contribution is 9.10. The zero-order valence-electron chi connectivity index (χ0n) is 21.1. The van der Waals surface area contributed by atoms with Gasteiger partial charge in [-0.1, -0.05) is 34.1 Å². The zero-order valence-corrected chi connectivity index (χ0v) is 22.6. The SMILES string of the molecule is CCOc1cc(/C=C2\C(=O)NC(=O)N(c3ccc4c(c3)OCO4)C2=O)c(Br)cc1OCC(=O)Nc1ccccc1. The lowest BCUT2D eigenvalue weighted by Crippen LogP contribution is -2.54. The molecule has 1 saturated heterocycles. The Kier molecular flexibility index (Phi) is 7.69. The Bertz CT molecular complexity index is 1540. The van der Waals surface area contributed by atoms with Gasteiger partial charge in [-0.3, -0.25) is 19.7 Å². The molecule has 0 bridgehead atoms. The van der Waals surface area contributed by atoms with Crippen LogP contribution in [0.5, 0.6) is 23.0 Å². The molecule has 204 valence electrons. The third-order valence-electron chi connectivity index (χ3n) is 5.80. The number of rotatable bonds is 8. The fourth-order valence-electron chi connectivity index (χ4n) is 3.98. The Morgan fingerprint density at radius 3 is 2.55 bits per heavy atom. The van der Waals surface area contributed by atoms with Gasteiger partial charge in [0.1, 0.15) is 5.57 Å². The largest absolute Gasteiger partial charge is 0.490 e. The maximum absolute atomic E-state index is 13.4. The number of amides is 5. The van der Waals surface area contributed by atoms with Crippen LogP contribution in [0.4, 0.5) is 16.2 Å². The van der Waals surface area contributed by atoms with Gasteiger partial charge in [0.2, 0.25) is 6.79 Å². The summed E-state index contributed by atoms with van der Waals surface area (Å²) < 4.78 is 22.5. The number of ether oxygens (including phenoxy) is 4. The van der Waals surface area contributed by atoms with E-state index in [9.17, 15) is 19.2 Å². The number of nitrogens with zero attached hydrogens (tertiary/aromatic N) is 1. The number of carbonyl (C=O) groups is 4. The molecule has 0 saturated carbocycles. The first kappa shape index (κ1) is 26.8. The molecule has 11 nitrogen and oxygen atoms in total. The molecule has 3 aromatic carbocycles. The van der Waals surface area contributed by atoms with Crippen LogP contribution in [-0.4, -0.2) is 43.8 Å². The normalized spacial score (nSPS) is 15.2. The van der Waals surface area contributed by atoms with Crippen molar-refractivity contribution in [1.82, 2.24) is 5.32 Å². The van der Waals surface area contributed by atoms with Gasteiger partial charge in [-0.15, -0.1) is 0 Å². The first-order valence-corrected chi connectivity index (χ1v) is 12.9. The summed E-state index contributed by atoms with van der Waals surface area (Å²) in [7, 11) is 0. The molecule has 2 aliphatic rings. The Labute approximate surface area is 236 Å². The van der Waals surface area contributed by atoms with E-state index in [-0.39, 0.29) is 48.7 Å². The number of urea groups is 1. The van der Waals surface area contributed by atoms with E-state index < -0.39 is 17.8 Å². The molecule has 12 heteroatoms. The highest BCUT2D eigenvalue weighted by atomic mass is 79.9. The number of hydrogen-bond donors (Lipinski definition) is 2. The summed E-state index contributed by atoms with van der Waals surface area (Å²) in [4.78, 5) is 51.8. The molecule has 3 aromatic rings. The minimum atomic E-state index is -0.891. The van der Waals surface area contributed by atoms with Gasteiger partial charge in [0.05, 0.1) is 12.3 Å². The van der Waals surface area contributed by atoms with Gasteiger partial charge in [-0.25, -0.2) is 9.69 Å². The average Bonchev–Trinajstić information content (AvgIpc) is 3.40. The fraction of sp³-hybridized carbons (Fsp3) is 0.143. The van der Waals surface area contributed by atoms with Crippen LogP contribution in [-0.2, 0) is 14.4 Å². The Morgan fingerprint density at radius 1 is 1.02 bits per heavy atom. The maximum Gasteiger partial charge on any atom is 0.335 e. The molecule has 0 unspecified atom stereocenters. The van der Waals surface area contributed by atoms with Gasteiger partial charge < -0.3 is 24.3 Å². The molecule has 1 fully saturated rings. The van der Waals surface area contributed by atoms with E-state index in [4.69, 9.17) is 18.9 Å². The smallest absolute Gasteiger partial charge is 0.335 e. The molecule has 0 radical (unpaired) electrons. The molecule has 40 heavy (non-hydrogen) atoms. The van der Waals surface area contributed by atoms with Gasteiger partial charge in [-0.05, 0) is 55.0 Å². The molecule has 2 aliphatic heterocycles. The highest BCUT2D eigenvalue weighted by Crippen LogP contribution is 2.38. The van der Waals surface area contributed by atoms with Crippen LogP contribution in [0.15, 0.2) is 70.7 Å². The van der Waals surface area contributed by atoms with Crippen molar-refractivity contribution in [2.75, 3.05) is 30.2 Å². The average molecular weight is 608 g/mol. The summed E-state index contributed by atoms with van der Waals surface area (Å²) in [6.07, 6.45) is 1.34. The Balaban J connectivity index is 1.39. The minimum Gasteiger partial charge on any atom is -0.490 e. The van der Waals surface area contributed by atoms with Gasteiger partial charge >= 0.3 is 6.03 Å². The minimum absolute atomic E-state index is 0.0240. The predicted molar refractivity (Wildman–Crippen MR) is 147 cm³/mol. The van der Waals surface area contributed by atoms with E-state index in [0.717, 1.165) is 4.90 Å². The van der Waals surface area contributed by atoms with Crippen LogP contribution in [0.25, 0.3) is 6.08 Å². The zero-order chi connectivity index (χ0) is 28.2. The number of imide groups is 2. The third-order valence-corrected chi connectivity index (χ3v) is 6.48. The molecule has 2 N–H and O–H groups in total. The van der Waals surface area contributed by atoms with E-state index in [1.165, 1.54) is 18.2 Å². The molecule has 0 spiro atoms. The van der Waals surface area contributed by atoms with Crippen molar-refractivity contribution in [2.24, 2.45) is 0 Å². The van der Waals surface area contributed by atoms with Crippen LogP contribution >= 0.6 is 15.9 Å². The molecule has 2 heterocycles. The maximum atomic E-state index is 13.4. The first-order valence-electron chi connectivity index (χ1n) is 12.1. The van der Waals surface area contributed by atoms with E-state index >= 15 is 0 Å². The van der Waals surface area contributed by atoms with Crippen molar-refractivity contribution in [1.29, 1.82) is 0 Å². The van der Waals surface area contributed by atoms with E-state index in [1.54, 1.807) is 49.4 Å². The molecular formula is C28H22BrN3O8. The number of para-hydroxylation sites is 1. The quantitative estimate of drug-likeness (QED) is 0.287. The third kappa shape index (κ3) is 5.61. The lowest BCUT2D eigenvalue weighted by atomic mass is 10.1. The summed E-state index contributed by atoms with van der Waals surface area (Å²) >= 11 is 3.43. The lowest BCUT2D eigenvalue weighted by Gasteiger charge is -2.26. The number of nitrogens with one attached hydrogen (secondary N) is 2. The number of hydrogen-bond acceptors (Lipinski definition) is 8. The van der Waals surface area contributed by atoms with Gasteiger partial charge in [0.15, 0.2) is 29.6 Å². The summed E-state index contributed by atoms with van der Waals surface area (Å²) in [5, 5.41) is 4.92. The Morgan fingerprint density at radius 2 is 1.77 bits per heavy atom. The van der Waals surface area contributed by atoms with Crippen molar-refractivity contribution in [3.05, 3.63) is 76.3 Å². The van der Waals surface area contributed by atoms with Crippen molar-refractivity contribution in [3.63, 3.8) is 0 Å². The number of benzene rings is 3. The van der Waals surface area contributed by atoms with E-state index in [0.29, 0.717) is 27.2 Å². The highest BCUT2D eigenvalue weighted by Gasteiger charge is 2.37. The summed E-state index contributed by atoms with van der Waals surface area (Å²) in [6.45, 7) is 1.81. The topological polar surface area (TPSA) is 133 Å². The second-order valence-electron chi connectivity index (χ2n) is 8.45. The van der Waals surface area contributed by atoms with E-state index in [2.05, 4.69) is 26.6 Å². The van der Waals surface area contributed by atoms with Crippen LogP contribution in [0.2, 0.25) is 0 Å². The van der Waals surface area contributed by atoms with Crippen LogP contribution in [0.1, 0.15) is 12.5 Å². The molecule has 5 rings (SSSR count). The monoisotopic (exact) mass is 607 g/mol. The first-order chi connectivity index (χ1) is 19.3. The second kappa shape index (κ2) is 11.5. The fourth-order valence-corrected chi connectivity index (χ4v) is 4.41. The van der Waals surface area contributed by atoms with Crippen LogP contribution < -0.4 is 34.5 Å². The number of barbiturate groups is 1. The van der Waals surface area contributed by atoms with Crippen LogP contribution in [0.3, 0.4) is 0 Å². The summed E-state index contributed by atoms with van der Waals surface area (Å²) in [5.41, 5.74) is 0.962. The van der Waals surface area contributed by atoms with Crippen molar-refractivity contribution < 1.29 is 38.1 Å². The number of halogens is 1. The number of fused-ring (bicyclic) bond motifs is 1. The van der Waals surface area contributed by atoms with Crippen LogP contribution in [0, 0.1) is 0 Å². The molecule has 0 aromatic heterocycles. The molecule has 0 aliphatic carbocycles. The van der Waals surface area contributed by atoms with Gasteiger partial charge in [0, 0.05) is 16.2 Å². The number of anilines is 2. The number of carbonyl (C=O) groups excluding carboxylic acids is 4. The van der Waals surface area contributed by atoms with Crippen molar-refractivity contribution >= 4 is 57.1 Å². The second-order valence-corrected chi connectivity index (χ2v) is 9.31. The van der Waals surface area contributed by atoms with Crippen molar-refractivity contribution in [3.8, 4) is 23.0 Å².